The van der Waals surface area contributed by atoms with Crippen LogP contribution in [-0.2, 0) is 19.0 Å². The molecular weight excluding hydrogens is 374 g/mol. The van der Waals surface area contributed by atoms with Gasteiger partial charge in [-0.05, 0) is 40.0 Å². The summed E-state index contributed by atoms with van der Waals surface area (Å²) < 4.78 is 17.7. The fraction of sp³-hybridized carbons (Fsp3) is 0.789. The van der Waals surface area contributed by atoms with E-state index < -0.39 is 29.7 Å². The molecule has 3 rings (SSSR count). The number of allylic oxidation sites excluding steroid dienone is 1. The number of alkyl halides is 1. The van der Waals surface area contributed by atoms with E-state index in [9.17, 15) is 14.7 Å². The third kappa shape index (κ3) is 3.62. The van der Waals surface area contributed by atoms with Crippen molar-refractivity contribution in [1.82, 2.24) is 4.90 Å². The molecular formula is C19H28ClNO6. The topological polar surface area (TPSA) is 91.9 Å². The molecule has 3 aliphatic rings. The van der Waals surface area contributed by atoms with E-state index in [2.05, 4.69) is 6.08 Å². The molecule has 0 aromatic rings. The Bertz CT molecular complexity index is 644. The van der Waals surface area contributed by atoms with Gasteiger partial charge in [-0.25, -0.2) is 9.69 Å². The lowest BCUT2D eigenvalue weighted by Crippen LogP contribution is -2.61. The molecule has 8 heteroatoms. The molecule has 2 heterocycles. The molecule has 0 aromatic carbocycles. The zero-order valence-corrected chi connectivity index (χ0v) is 17.0. The van der Waals surface area contributed by atoms with Gasteiger partial charge in [-0.2, -0.15) is 0 Å². The summed E-state index contributed by atoms with van der Waals surface area (Å²) in [6, 6.07) is -0.608. The maximum absolute atomic E-state index is 12.2. The van der Waals surface area contributed by atoms with Crippen LogP contribution in [0.2, 0.25) is 0 Å². The lowest BCUT2D eigenvalue weighted by molar-refractivity contribution is -0.139. The lowest BCUT2D eigenvalue weighted by Gasteiger charge is -2.45. The van der Waals surface area contributed by atoms with Crippen LogP contribution in [0.5, 0.6) is 0 Å². The minimum absolute atomic E-state index is 0.0249. The second-order valence-electron chi connectivity index (χ2n) is 8.12. The van der Waals surface area contributed by atoms with Gasteiger partial charge in [-0.1, -0.05) is 11.6 Å². The second-order valence-corrected chi connectivity index (χ2v) is 8.39. The number of imide groups is 1. The Labute approximate surface area is 164 Å². The van der Waals surface area contributed by atoms with Crippen LogP contribution in [-0.4, -0.2) is 71.1 Å². The molecule has 0 aromatic heterocycles. The summed E-state index contributed by atoms with van der Waals surface area (Å²) in [6.07, 6.45) is 2.29. The Balaban J connectivity index is 1.88. The fourth-order valence-corrected chi connectivity index (χ4v) is 4.87. The van der Waals surface area contributed by atoms with Crippen LogP contribution in [0.15, 0.2) is 11.6 Å². The van der Waals surface area contributed by atoms with Crippen LogP contribution in [0.1, 0.15) is 40.0 Å². The monoisotopic (exact) mass is 401 g/mol. The molecule has 1 saturated carbocycles. The molecule has 1 aliphatic carbocycles. The van der Waals surface area contributed by atoms with Crippen LogP contribution in [0.25, 0.3) is 0 Å². The molecule has 3 fully saturated rings. The number of halogens is 1. The first kappa shape index (κ1) is 20.6. The van der Waals surface area contributed by atoms with Gasteiger partial charge in [0.15, 0.2) is 0 Å². The van der Waals surface area contributed by atoms with E-state index in [1.54, 1.807) is 7.11 Å². The molecule has 1 spiro atoms. The van der Waals surface area contributed by atoms with E-state index in [4.69, 9.17) is 25.8 Å². The van der Waals surface area contributed by atoms with E-state index in [1.165, 1.54) is 5.57 Å². The summed E-state index contributed by atoms with van der Waals surface area (Å²) in [4.78, 5) is 24.8. The summed E-state index contributed by atoms with van der Waals surface area (Å²) >= 11 is 5.65. The zero-order chi connectivity index (χ0) is 20.0. The van der Waals surface area contributed by atoms with Gasteiger partial charge in [0.05, 0.1) is 30.5 Å². The van der Waals surface area contributed by atoms with E-state index in [0.29, 0.717) is 19.4 Å². The molecule has 6 atom stereocenters. The molecule has 2 amide bonds. The SMILES string of the molecule is COC1C(N(C(=O)O)C(=O)CCl)CCC2(CO2)C1C1(C)OC1CC=C(C)C. The number of methoxy groups -OCH3 is 1. The van der Waals surface area contributed by atoms with Crippen molar-refractivity contribution < 1.29 is 28.9 Å². The van der Waals surface area contributed by atoms with Crippen LogP contribution >= 0.6 is 11.6 Å². The van der Waals surface area contributed by atoms with Gasteiger partial charge in [0, 0.05) is 13.0 Å². The lowest BCUT2D eigenvalue weighted by atomic mass is 9.67. The summed E-state index contributed by atoms with van der Waals surface area (Å²) in [7, 11) is 1.55. The number of amides is 2. The van der Waals surface area contributed by atoms with E-state index in [-0.39, 0.29) is 23.5 Å². The largest absolute Gasteiger partial charge is 0.465 e. The van der Waals surface area contributed by atoms with Crippen LogP contribution in [0, 0.1) is 5.92 Å². The minimum atomic E-state index is -1.30. The highest BCUT2D eigenvalue weighted by Gasteiger charge is 2.72. The highest BCUT2D eigenvalue weighted by atomic mass is 35.5. The van der Waals surface area contributed by atoms with Crippen molar-refractivity contribution in [1.29, 1.82) is 0 Å². The quantitative estimate of drug-likeness (QED) is 0.418. The Hall–Kier alpha value is -1.15. The van der Waals surface area contributed by atoms with Crippen molar-refractivity contribution in [2.45, 2.75) is 69.5 Å². The highest BCUT2D eigenvalue weighted by Crippen LogP contribution is 2.59. The first-order valence-corrected chi connectivity index (χ1v) is 9.82. The molecule has 2 saturated heterocycles. The number of ether oxygens (including phenoxy) is 3. The molecule has 0 bridgehead atoms. The number of rotatable bonds is 6. The molecule has 0 radical (unpaired) electrons. The van der Waals surface area contributed by atoms with E-state index in [0.717, 1.165) is 11.3 Å². The molecule has 152 valence electrons. The van der Waals surface area contributed by atoms with Crippen LogP contribution < -0.4 is 0 Å². The number of hydrogen-bond donors (Lipinski definition) is 1. The Morgan fingerprint density at radius 3 is 2.56 bits per heavy atom. The van der Waals surface area contributed by atoms with E-state index >= 15 is 0 Å². The number of carbonyl (C=O) groups is 2. The zero-order valence-electron chi connectivity index (χ0n) is 16.2. The molecule has 1 N–H and O–H groups in total. The maximum atomic E-state index is 12.2. The first-order valence-electron chi connectivity index (χ1n) is 9.29. The van der Waals surface area contributed by atoms with Crippen molar-refractivity contribution in [2.75, 3.05) is 19.6 Å². The van der Waals surface area contributed by atoms with Crippen molar-refractivity contribution in [3.05, 3.63) is 11.6 Å². The second kappa shape index (κ2) is 7.35. The molecule has 7 nitrogen and oxygen atoms in total. The number of epoxide rings is 2. The first-order chi connectivity index (χ1) is 12.7. The van der Waals surface area contributed by atoms with Crippen molar-refractivity contribution in [2.24, 2.45) is 5.92 Å². The van der Waals surface area contributed by atoms with Gasteiger partial charge < -0.3 is 19.3 Å². The number of hydrogen-bond acceptors (Lipinski definition) is 5. The molecule has 6 unspecified atom stereocenters. The highest BCUT2D eigenvalue weighted by molar-refractivity contribution is 6.28. The van der Waals surface area contributed by atoms with Gasteiger partial charge in [0.1, 0.15) is 11.5 Å². The Morgan fingerprint density at radius 2 is 2.07 bits per heavy atom. The smallest absolute Gasteiger partial charge is 0.414 e. The Kier molecular flexibility index (Phi) is 5.60. The van der Waals surface area contributed by atoms with Gasteiger partial charge in [-0.15, -0.1) is 11.6 Å². The molecule has 27 heavy (non-hydrogen) atoms. The predicted octanol–water partition coefficient (Wildman–Crippen LogP) is 2.81. The number of carboxylic acid groups (broad SMARTS) is 1. The third-order valence-corrected chi connectivity index (χ3v) is 6.41. The van der Waals surface area contributed by atoms with Gasteiger partial charge in [0.2, 0.25) is 5.91 Å². The van der Waals surface area contributed by atoms with Crippen molar-refractivity contribution in [3.63, 3.8) is 0 Å². The standard InChI is InChI=1S/C19H28ClNO6/c1-11(2)5-6-13-18(3,27-13)16-15(25-4)12(7-8-19(16)10-26-19)21(17(23)24)14(22)9-20/h5,12-13,15-16H,6-10H2,1-4H3,(H,23,24). The number of nitrogens with zero attached hydrogens (tertiary/aromatic N) is 1. The van der Waals surface area contributed by atoms with Crippen molar-refractivity contribution in [3.8, 4) is 0 Å². The molecule has 2 aliphatic heterocycles. The van der Waals surface area contributed by atoms with Crippen molar-refractivity contribution >= 4 is 23.6 Å². The fourth-order valence-electron chi connectivity index (χ4n) is 4.74. The summed E-state index contributed by atoms with van der Waals surface area (Å²) in [6.45, 7) is 6.73. The van der Waals surface area contributed by atoms with Gasteiger partial charge in [0.25, 0.3) is 0 Å². The van der Waals surface area contributed by atoms with Crippen LogP contribution in [0.4, 0.5) is 4.79 Å². The van der Waals surface area contributed by atoms with Gasteiger partial charge >= 0.3 is 6.09 Å². The minimum Gasteiger partial charge on any atom is -0.465 e. The summed E-state index contributed by atoms with van der Waals surface area (Å²) in [5, 5.41) is 9.61. The summed E-state index contributed by atoms with van der Waals surface area (Å²) in [5.41, 5.74) is 0.385. The predicted molar refractivity (Wildman–Crippen MR) is 98.9 cm³/mol. The Morgan fingerprint density at radius 1 is 1.41 bits per heavy atom. The maximum Gasteiger partial charge on any atom is 0.414 e. The third-order valence-electron chi connectivity index (χ3n) is 6.18. The average molecular weight is 402 g/mol. The van der Waals surface area contributed by atoms with Gasteiger partial charge in [-0.3, -0.25) is 4.79 Å². The van der Waals surface area contributed by atoms with E-state index in [1.807, 2.05) is 20.8 Å². The average Bonchev–Trinajstić information content (AvgIpc) is 3.52. The normalized spacial score (nSPS) is 39.7. The van der Waals surface area contributed by atoms with Crippen LogP contribution in [0.3, 0.4) is 0 Å². The number of carbonyl (C=O) groups excluding carboxylic acids is 1. The summed E-state index contributed by atoms with van der Waals surface area (Å²) in [5.74, 6) is -1.18.